The number of nitrogens with zero attached hydrogens (tertiary/aromatic N) is 2. The number of ether oxygens (including phenoxy) is 1. The number of rotatable bonds is 3. The minimum atomic E-state index is -0.175. The predicted octanol–water partition coefficient (Wildman–Crippen LogP) is 0.812. The van der Waals surface area contributed by atoms with Crippen LogP contribution in [-0.4, -0.2) is 22.3 Å². The van der Waals surface area contributed by atoms with Gasteiger partial charge in [-0.25, -0.2) is 9.78 Å². The van der Waals surface area contributed by atoms with Crippen LogP contribution in [-0.2, 0) is 11.3 Å². The van der Waals surface area contributed by atoms with Gasteiger partial charge >= 0.3 is 5.69 Å². The Balaban J connectivity index is 1.91. The van der Waals surface area contributed by atoms with Crippen molar-refractivity contribution in [1.29, 1.82) is 0 Å². The highest BCUT2D eigenvalue weighted by atomic mass is 16.5. The largest absolute Gasteiger partial charge is 0.378 e. The molecule has 0 aromatic carbocycles. The average molecular weight is 194 g/mol. The van der Waals surface area contributed by atoms with Crippen molar-refractivity contribution in [3.05, 3.63) is 28.9 Å². The number of aromatic nitrogens is 2. The van der Waals surface area contributed by atoms with Gasteiger partial charge in [0.05, 0.1) is 6.10 Å². The van der Waals surface area contributed by atoms with E-state index in [1.165, 1.54) is 6.20 Å². The van der Waals surface area contributed by atoms with Gasteiger partial charge in [-0.3, -0.25) is 4.57 Å². The minimum Gasteiger partial charge on any atom is -0.378 e. The van der Waals surface area contributed by atoms with Crippen molar-refractivity contribution in [3.63, 3.8) is 0 Å². The van der Waals surface area contributed by atoms with Gasteiger partial charge in [-0.15, -0.1) is 0 Å². The summed E-state index contributed by atoms with van der Waals surface area (Å²) in [6.45, 7) is 1.57. The molecule has 0 amide bonds. The molecule has 1 aromatic rings. The molecule has 2 heterocycles. The zero-order chi connectivity index (χ0) is 9.80. The molecule has 1 saturated heterocycles. The van der Waals surface area contributed by atoms with E-state index in [1.54, 1.807) is 16.8 Å². The summed E-state index contributed by atoms with van der Waals surface area (Å²) in [4.78, 5) is 14.9. The van der Waals surface area contributed by atoms with Crippen molar-refractivity contribution in [1.82, 2.24) is 9.55 Å². The van der Waals surface area contributed by atoms with Crippen LogP contribution < -0.4 is 5.69 Å². The molecule has 0 spiro atoms. The van der Waals surface area contributed by atoms with Gasteiger partial charge in [0.2, 0.25) is 0 Å². The van der Waals surface area contributed by atoms with Crippen LogP contribution in [0.5, 0.6) is 0 Å². The van der Waals surface area contributed by atoms with Gasteiger partial charge < -0.3 is 4.74 Å². The summed E-state index contributed by atoms with van der Waals surface area (Å²) in [6, 6.07) is 1.77. The third-order valence-corrected chi connectivity index (χ3v) is 2.50. The Hall–Kier alpha value is -1.16. The predicted molar refractivity (Wildman–Crippen MR) is 52.1 cm³/mol. The summed E-state index contributed by atoms with van der Waals surface area (Å²) in [5, 5.41) is 0. The maximum Gasteiger partial charge on any atom is 0.347 e. The number of hydrogen-bond donors (Lipinski definition) is 0. The van der Waals surface area contributed by atoms with Crippen LogP contribution >= 0.6 is 0 Å². The van der Waals surface area contributed by atoms with Gasteiger partial charge in [-0.05, 0) is 25.3 Å². The zero-order valence-corrected chi connectivity index (χ0v) is 8.06. The SMILES string of the molecule is O=c1ncccn1CCC1CCCO1. The molecule has 1 fully saturated rings. The molecule has 0 aliphatic carbocycles. The maximum absolute atomic E-state index is 11.2. The van der Waals surface area contributed by atoms with Gasteiger partial charge in [-0.1, -0.05) is 0 Å². The smallest absolute Gasteiger partial charge is 0.347 e. The Morgan fingerprint density at radius 3 is 3.29 bits per heavy atom. The molecule has 1 aliphatic heterocycles. The molecule has 76 valence electrons. The van der Waals surface area contributed by atoms with Crippen LogP contribution in [0, 0.1) is 0 Å². The van der Waals surface area contributed by atoms with Crippen molar-refractivity contribution >= 4 is 0 Å². The molecule has 14 heavy (non-hydrogen) atoms. The molecule has 0 radical (unpaired) electrons. The molecule has 4 nitrogen and oxygen atoms in total. The molecule has 0 N–H and O–H groups in total. The van der Waals surface area contributed by atoms with E-state index in [-0.39, 0.29) is 5.69 Å². The second-order valence-electron chi connectivity index (χ2n) is 3.52. The molecule has 1 aromatic heterocycles. The Bertz CT molecular complexity index is 342. The van der Waals surface area contributed by atoms with E-state index in [0.29, 0.717) is 12.6 Å². The topological polar surface area (TPSA) is 44.1 Å². The van der Waals surface area contributed by atoms with E-state index in [1.807, 2.05) is 0 Å². The van der Waals surface area contributed by atoms with E-state index < -0.39 is 0 Å². The molecule has 1 atom stereocenters. The van der Waals surface area contributed by atoms with Gasteiger partial charge in [-0.2, -0.15) is 0 Å². The molecular weight excluding hydrogens is 180 g/mol. The second-order valence-corrected chi connectivity index (χ2v) is 3.52. The molecule has 1 unspecified atom stereocenters. The Morgan fingerprint density at radius 1 is 1.64 bits per heavy atom. The lowest BCUT2D eigenvalue weighted by Crippen LogP contribution is -2.23. The van der Waals surface area contributed by atoms with E-state index >= 15 is 0 Å². The summed E-state index contributed by atoms with van der Waals surface area (Å²) in [7, 11) is 0. The molecule has 1 aliphatic rings. The normalized spacial score (nSPS) is 21.3. The van der Waals surface area contributed by atoms with Gasteiger partial charge in [0.1, 0.15) is 0 Å². The van der Waals surface area contributed by atoms with E-state index in [9.17, 15) is 4.79 Å². The first-order valence-corrected chi connectivity index (χ1v) is 4.99. The first kappa shape index (κ1) is 9.40. The van der Waals surface area contributed by atoms with E-state index in [2.05, 4.69) is 4.98 Å². The van der Waals surface area contributed by atoms with Crippen LogP contribution in [0.15, 0.2) is 23.3 Å². The fourth-order valence-corrected chi connectivity index (χ4v) is 1.71. The van der Waals surface area contributed by atoms with Crippen molar-refractivity contribution in [3.8, 4) is 0 Å². The zero-order valence-electron chi connectivity index (χ0n) is 8.06. The van der Waals surface area contributed by atoms with Crippen LogP contribution in [0.1, 0.15) is 19.3 Å². The highest BCUT2D eigenvalue weighted by Crippen LogP contribution is 2.15. The lowest BCUT2D eigenvalue weighted by Gasteiger charge is -2.09. The lowest BCUT2D eigenvalue weighted by atomic mass is 10.2. The third-order valence-electron chi connectivity index (χ3n) is 2.50. The van der Waals surface area contributed by atoms with Crippen molar-refractivity contribution in [2.45, 2.75) is 31.9 Å². The first-order chi connectivity index (χ1) is 6.86. The summed E-state index contributed by atoms with van der Waals surface area (Å²) in [6.07, 6.45) is 6.80. The summed E-state index contributed by atoms with van der Waals surface area (Å²) in [5.74, 6) is 0. The van der Waals surface area contributed by atoms with Crippen LogP contribution in [0.4, 0.5) is 0 Å². The van der Waals surface area contributed by atoms with E-state index in [4.69, 9.17) is 4.74 Å². The standard InChI is InChI=1S/C10H14N2O2/c13-10-11-5-2-6-12(10)7-4-9-3-1-8-14-9/h2,5-6,9H,1,3-4,7-8H2. The third kappa shape index (κ3) is 2.20. The highest BCUT2D eigenvalue weighted by Gasteiger charge is 2.14. The summed E-state index contributed by atoms with van der Waals surface area (Å²) >= 11 is 0. The Morgan fingerprint density at radius 2 is 2.57 bits per heavy atom. The Labute approximate surface area is 82.5 Å². The summed E-state index contributed by atoms with van der Waals surface area (Å²) in [5.41, 5.74) is -0.175. The average Bonchev–Trinajstić information content (AvgIpc) is 2.69. The molecule has 0 saturated carbocycles. The monoisotopic (exact) mass is 194 g/mol. The van der Waals surface area contributed by atoms with Crippen molar-refractivity contribution in [2.75, 3.05) is 6.61 Å². The van der Waals surface area contributed by atoms with E-state index in [0.717, 1.165) is 25.9 Å². The maximum atomic E-state index is 11.2. The van der Waals surface area contributed by atoms with Gasteiger partial charge in [0, 0.05) is 25.5 Å². The van der Waals surface area contributed by atoms with Crippen LogP contribution in [0.3, 0.4) is 0 Å². The molecule has 0 bridgehead atoms. The Kier molecular flexibility index (Phi) is 2.93. The summed E-state index contributed by atoms with van der Waals surface area (Å²) < 4.78 is 7.11. The quantitative estimate of drug-likeness (QED) is 0.715. The van der Waals surface area contributed by atoms with Gasteiger partial charge in [0.15, 0.2) is 0 Å². The van der Waals surface area contributed by atoms with Gasteiger partial charge in [0.25, 0.3) is 0 Å². The molecule has 4 heteroatoms. The highest BCUT2D eigenvalue weighted by molar-refractivity contribution is 4.81. The van der Waals surface area contributed by atoms with Crippen molar-refractivity contribution in [2.24, 2.45) is 0 Å². The number of hydrogen-bond acceptors (Lipinski definition) is 3. The fraction of sp³-hybridized carbons (Fsp3) is 0.600. The molecule has 2 rings (SSSR count). The molecular formula is C10H14N2O2. The van der Waals surface area contributed by atoms with Crippen LogP contribution in [0.2, 0.25) is 0 Å². The minimum absolute atomic E-state index is 0.175. The van der Waals surface area contributed by atoms with Crippen LogP contribution in [0.25, 0.3) is 0 Å². The fourth-order valence-electron chi connectivity index (χ4n) is 1.71. The first-order valence-electron chi connectivity index (χ1n) is 4.99. The number of aryl methyl sites for hydroxylation is 1. The second kappa shape index (κ2) is 4.37. The van der Waals surface area contributed by atoms with Crippen molar-refractivity contribution < 1.29 is 4.74 Å². The lowest BCUT2D eigenvalue weighted by molar-refractivity contribution is 0.1000.